The van der Waals surface area contributed by atoms with Crippen LogP contribution in [0.4, 0.5) is 0 Å². The van der Waals surface area contributed by atoms with Crippen molar-refractivity contribution < 1.29 is 29.0 Å². The van der Waals surface area contributed by atoms with Crippen molar-refractivity contribution in [2.75, 3.05) is 6.61 Å². The minimum atomic E-state index is -1.44. The normalized spacial score (nSPS) is 11.9. The molecular formula is C28H30N2O6. The van der Waals surface area contributed by atoms with Crippen LogP contribution in [-0.4, -0.2) is 39.1 Å². The van der Waals surface area contributed by atoms with E-state index in [1.807, 2.05) is 6.07 Å². The SMILES string of the molecule is CC(C)(C#N)N(C(=O)c1ccc(-c2ccco2)cc1)C(O)c1ccccc1OCCCCCC(=O)O. The Labute approximate surface area is 210 Å². The third kappa shape index (κ3) is 6.52. The van der Waals surface area contributed by atoms with Crippen molar-refractivity contribution >= 4 is 11.9 Å². The molecule has 8 nitrogen and oxygen atoms in total. The van der Waals surface area contributed by atoms with Crippen LogP contribution >= 0.6 is 0 Å². The molecule has 0 aliphatic carbocycles. The van der Waals surface area contributed by atoms with Crippen LogP contribution in [-0.2, 0) is 4.79 Å². The zero-order chi connectivity index (χ0) is 26.1. The number of carboxylic acid groups (broad SMARTS) is 1. The Morgan fingerprint density at radius 3 is 2.42 bits per heavy atom. The third-order valence-corrected chi connectivity index (χ3v) is 5.77. The molecule has 188 valence electrons. The number of nitriles is 1. The summed E-state index contributed by atoms with van der Waals surface area (Å²) in [4.78, 5) is 25.4. The summed E-state index contributed by atoms with van der Waals surface area (Å²) in [5, 5.41) is 29.9. The standard InChI is InChI=1S/C28H30N2O6/c1-28(2,19-29)30(26(33)21-15-13-20(14-16-21)23-11-8-18-35-23)27(34)22-9-5-6-10-24(22)36-17-7-3-4-12-25(31)32/h5-6,8-11,13-16,18,27,34H,3-4,7,12,17H2,1-2H3,(H,31,32). The van der Waals surface area contributed by atoms with Crippen LogP contribution in [0.5, 0.6) is 5.75 Å². The molecule has 0 bridgehead atoms. The molecule has 0 radical (unpaired) electrons. The number of nitrogens with zero attached hydrogens (tertiary/aromatic N) is 2. The van der Waals surface area contributed by atoms with Crippen molar-refractivity contribution in [1.82, 2.24) is 4.90 Å². The van der Waals surface area contributed by atoms with Gasteiger partial charge in [0.05, 0.1) is 18.9 Å². The van der Waals surface area contributed by atoms with Gasteiger partial charge in [-0.3, -0.25) is 14.5 Å². The second-order valence-electron chi connectivity index (χ2n) is 8.86. The molecule has 0 aliphatic heterocycles. The van der Waals surface area contributed by atoms with Gasteiger partial charge in [-0.05, 0) is 63.4 Å². The predicted octanol–water partition coefficient (Wildman–Crippen LogP) is 5.41. The van der Waals surface area contributed by atoms with Crippen LogP contribution < -0.4 is 4.74 Å². The first-order valence-corrected chi connectivity index (χ1v) is 11.7. The summed E-state index contributed by atoms with van der Waals surface area (Å²) >= 11 is 0. The number of ether oxygens (including phenoxy) is 1. The Kier molecular flexibility index (Phi) is 8.87. The van der Waals surface area contributed by atoms with E-state index in [9.17, 15) is 20.0 Å². The van der Waals surface area contributed by atoms with Crippen molar-refractivity contribution in [3.8, 4) is 23.1 Å². The Balaban J connectivity index is 1.81. The van der Waals surface area contributed by atoms with Gasteiger partial charge in [0, 0.05) is 23.1 Å². The molecule has 0 spiro atoms. The van der Waals surface area contributed by atoms with Crippen LogP contribution in [0.2, 0.25) is 0 Å². The highest BCUT2D eigenvalue weighted by Gasteiger charge is 2.38. The average molecular weight is 491 g/mol. The Bertz CT molecular complexity index is 1200. The summed E-state index contributed by atoms with van der Waals surface area (Å²) in [5.41, 5.74) is 0.127. The number of carbonyl (C=O) groups excluding carboxylic acids is 1. The van der Waals surface area contributed by atoms with Crippen LogP contribution in [0.25, 0.3) is 11.3 Å². The smallest absolute Gasteiger partial charge is 0.303 e. The van der Waals surface area contributed by atoms with Gasteiger partial charge < -0.3 is 19.4 Å². The summed E-state index contributed by atoms with van der Waals surface area (Å²) < 4.78 is 11.3. The van der Waals surface area contributed by atoms with Gasteiger partial charge in [-0.2, -0.15) is 5.26 Å². The number of furan rings is 1. The second kappa shape index (κ2) is 12.0. The lowest BCUT2D eigenvalue weighted by molar-refractivity contribution is -0.137. The molecule has 0 saturated heterocycles. The van der Waals surface area contributed by atoms with Gasteiger partial charge in [-0.25, -0.2) is 0 Å². The van der Waals surface area contributed by atoms with Gasteiger partial charge in [0.2, 0.25) is 0 Å². The first-order chi connectivity index (χ1) is 17.2. The highest BCUT2D eigenvalue weighted by Crippen LogP contribution is 2.34. The molecule has 0 fully saturated rings. The summed E-state index contributed by atoms with van der Waals surface area (Å²) in [6.45, 7) is 3.46. The van der Waals surface area contributed by atoms with E-state index in [2.05, 4.69) is 6.07 Å². The van der Waals surface area contributed by atoms with E-state index in [1.54, 1.807) is 74.7 Å². The topological polar surface area (TPSA) is 124 Å². The molecule has 2 aromatic carbocycles. The molecule has 1 unspecified atom stereocenters. The zero-order valence-corrected chi connectivity index (χ0v) is 20.4. The van der Waals surface area contributed by atoms with Crippen LogP contribution in [0.15, 0.2) is 71.3 Å². The van der Waals surface area contributed by atoms with E-state index in [0.717, 1.165) is 10.5 Å². The van der Waals surface area contributed by atoms with Crippen molar-refractivity contribution in [2.24, 2.45) is 0 Å². The largest absolute Gasteiger partial charge is 0.493 e. The highest BCUT2D eigenvalue weighted by molar-refractivity contribution is 5.95. The van der Waals surface area contributed by atoms with E-state index in [0.29, 0.717) is 48.5 Å². The highest BCUT2D eigenvalue weighted by atomic mass is 16.5. The van der Waals surface area contributed by atoms with Gasteiger partial charge in [-0.1, -0.05) is 30.3 Å². The molecule has 8 heteroatoms. The molecule has 1 amide bonds. The Morgan fingerprint density at radius 2 is 1.78 bits per heavy atom. The third-order valence-electron chi connectivity index (χ3n) is 5.77. The minimum Gasteiger partial charge on any atom is -0.493 e. The van der Waals surface area contributed by atoms with E-state index in [4.69, 9.17) is 14.3 Å². The zero-order valence-electron chi connectivity index (χ0n) is 20.4. The fourth-order valence-corrected chi connectivity index (χ4v) is 3.79. The molecule has 0 aliphatic rings. The number of para-hydroxylation sites is 1. The Hall–Kier alpha value is -4.09. The van der Waals surface area contributed by atoms with Gasteiger partial charge in [0.1, 0.15) is 17.0 Å². The van der Waals surface area contributed by atoms with Crippen LogP contribution in [0.3, 0.4) is 0 Å². The van der Waals surface area contributed by atoms with Gasteiger partial charge >= 0.3 is 5.97 Å². The molecule has 3 aromatic rings. The summed E-state index contributed by atoms with van der Waals surface area (Å²) in [7, 11) is 0. The van der Waals surface area contributed by atoms with Crippen LogP contribution in [0, 0.1) is 11.3 Å². The molecule has 2 N–H and O–H groups in total. The predicted molar refractivity (Wildman–Crippen MR) is 133 cm³/mol. The van der Waals surface area contributed by atoms with E-state index < -0.39 is 23.6 Å². The number of hydrogen-bond acceptors (Lipinski definition) is 6. The molecule has 3 rings (SSSR count). The maximum absolute atomic E-state index is 13.6. The Morgan fingerprint density at radius 1 is 1.06 bits per heavy atom. The maximum Gasteiger partial charge on any atom is 0.303 e. The van der Waals surface area contributed by atoms with Crippen molar-refractivity contribution in [1.29, 1.82) is 5.26 Å². The van der Waals surface area contributed by atoms with Crippen LogP contribution in [0.1, 0.15) is 61.7 Å². The molecule has 1 atom stereocenters. The number of carbonyl (C=O) groups is 2. The van der Waals surface area contributed by atoms with Crippen molar-refractivity contribution in [3.63, 3.8) is 0 Å². The first kappa shape index (κ1) is 26.5. The number of carboxylic acids is 1. The number of unbranched alkanes of at least 4 members (excludes halogenated alkanes) is 2. The average Bonchev–Trinajstić information content (AvgIpc) is 3.41. The van der Waals surface area contributed by atoms with Gasteiger partial charge in [-0.15, -0.1) is 0 Å². The first-order valence-electron chi connectivity index (χ1n) is 11.7. The fourth-order valence-electron chi connectivity index (χ4n) is 3.79. The maximum atomic E-state index is 13.6. The molecule has 36 heavy (non-hydrogen) atoms. The second-order valence-corrected chi connectivity index (χ2v) is 8.86. The number of rotatable bonds is 12. The lowest BCUT2D eigenvalue weighted by Crippen LogP contribution is -2.49. The number of aliphatic hydroxyl groups is 1. The molecule has 1 heterocycles. The van der Waals surface area contributed by atoms with E-state index in [-0.39, 0.29) is 6.42 Å². The summed E-state index contributed by atoms with van der Waals surface area (Å²) in [6.07, 6.45) is 2.12. The van der Waals surface area contributed by atoms with Crippen molar-refractivity contribution in [3.05, 3.63) is 78.1 Å². The number of aliphatic carboxylic acids is 1. The number of aliphatic hydroxyl groups excluding tert-OH is 1. The molecule has 0 saturated carbocycles. The van der Waals surface area contributed by atoms with Crippen molar-refractivity contribution in [2.45, 2.75) is 51.3 Å². The quantitative estimate of drug-likeness (QED) is 0.257. The van der Waals surface area contributed by atoms with E-state index >= 15 is 0 Å². The van der Waals surface area contributed by atoms with E-state index in [1.165, 1.54) is 0 Å². The number of amides is 1. The lowest BCUT2D eigenvalue weighted by atomic mass is 9.99. The summed E-state index contributed by atoms with van der Waals surface area (Å²) in [5.74, 6) is -0.284. The number of benzene rings is 2. The number of hydrogen-bond donors (Lipinski definition) is 2. The lowest BCUT2D eigenvalue weighted by Gasteiger charge is -2.37. The molecular weight excluding hydrogens is 460 g/mol. The van der Waals surface area contributed by atoms with Gasteiger partial charge in [0.15, 0.2) is 6.23 Å². The summed E-state index contributed by atoms with van der Waals surface area (Å²) in [6, 6.07) is 19.3. The fraction of sp³-hybridized carbons (Fsp3) is 0.321. The minimum absolute atomic E-state index is 0.109. The molecule has 1 aromatic heterocycles. The monoisotopic (exact) mass is 490 g/mol. The van der Waals surface area contributed by atoms with Gasteiger partial charge in [0.25, 0.3) is 5.91 Å².